The van der Waals surface area contributed by atoms with E-state index < -0.39 is 0 Å². The Kier molecular flexibility index (Phi) is 6.71. The first-order valence-corrected chi connectivity index (χ1v) is 11.3. The summed E-state index contributed by atoms with van der Waals surface area (Å²) >= 11 is 0. The van der Waals surface area contributed by atoms with Crippen LogP contribution in [0.2, 0.25) is 0 Å². The van der Waals surface area contributed by atoms with Gasteiger partial charge in [0.25, 0.3) is 0 Å². The summed E-state index contributed by atoms with van der Waals surface area (Å²) < 4.78 is 18.9. The van der Waals surface area contributed by atoms with Crippen LogP contribution >= 0.6 is 0 Å². The van der Waals surface area contributed by atoms with Gasteiger partial charge in [-0.05, 0) is 81.7 Å². The van der Waals surface area contributed by atoms with Crippen molar-refractivity contribution in [3.8, 4) is 34.3 Å². The normalized spacial score (nSPS) is 15.2. The van der Waals surface area contributed by atoms with Crippen LogP contribution in [0, 0.1) is 22.6 Å². The van der Waals surface area contributed by atoms with Crippen LogP contribution in [0.1, 0.15) is 38.3 Å². The molecule has 1 aliphatic rings. The smallest absolute Gasteiger partial charge is 0.159 e. The van der Waals surface area contributed by atoms with E-state index in [9.17, 15) is 9.65 Å². The molecule has 33 heavy (non-hydrogen) atoms. The zero-order valence-electron chi connectivity index (χ0n) is 19.4. The lowest BCUT2D eigenvalue weighted by atomic mass is 9.87. The fourth-order valence-corrected chi connectivity index (χ4v) is 4.42. The lowest BCUT2D eigenvalue weighted by Gasteiger charge is -2.35. The van der Waals surface area contributed by atoms with E-state index in [1.165, 1.54) is 12.1 Å². The summed E-state index contributed by atoms with van der Waals surface area (Å²) in [6, 6.07) is 16.6. The highest BCUT2D eigenvalue weighted by Gasteiger charge is 2.28. The maximum atomic E-state index is 13.4. The fraction of sp³-hybridized carbons (Fsp3) is 0.370. The molecule has 3 aromatic rings. The number of hydrogen-bond donors (Lipinski definition) is 0. The third kappa shape index (κ3) is 5.37. The van der Waals surface area contributed by atoms with E-state index in [0.717, 1.165) is 60.6 Å². The van der Waals surface area contributed by atoms with E-state index in [-0.39, 0.29) is 17.2 Å². The fourth-order valence-electron chi connectivity index (χ4n) is 4.42. The number of halogens is 1. The minimum atomic E-state index is -0.358. The number of piperidine rings is 1. The Balaban J connectivity index is 1.67. The predicted molar refractivity (Wildman–Crippen MR) is 127 cm³/mol. The van der Waals surface area contributed by atoms with E-state index in [2.05, 4.69) is 16.0 Å². The van der Waals surface area contributed by atoms with E-state index in [4.69, 9.17) is 9.72 Å². The van der Waals surface area contributed by atoms with Gasteiger partial charge in [-0.1, -0.05) is 12.1 Å². The molecule has 4 rings (SSSR count). The summed E-state index contributed by atoms with van der Waals surface area (Å²) in [5.74, 6) is 1.38. The minimum Gasteiger partial charge on any atom is -0.497 e. The molecule has 0 amide bonds. The van der Waals surface area contributed by atoms with Crippen LogP contribution in [0.5, 0.6) is 5.75 Å². The summed E-state index contributed by atoms with van der Waals surface area (Å²) in [6.45, 7) is 6.58. The molecule has 1 saturated heterocycles. The Morgan fingerprint density at radius 3 is 2.52 bits per heavy atom. The zero-order chi connectivity index (χ0) is 23.4. The largest absolute Gasteiger partial charge is 0.497 e. The molecular formula is C27H29FN4O. The summed E-state index contributed by atoms with van der Waals surface area (Å²) in [5, 5.41) is 9.39. The molecule has 0 saturated carbocycles. The number of methoxy groups -OCH3 is 1. The second kappa shape index (κ2) is 9.68. The highest BCUT2D eigenvalue weighted by molar-refractivity contribution is 5.69. The molecule has 2 heterocycles. The average molecular weight is 445 g/mol. The van der Waals surface area contributed by atoms with Crippen LogP contribution in [0.4, 0.5) is 4.39 Å². The molecule has 0 radical (unpaired) electrons. The van der Waals surface area contributed by atoms with Crippen molar-refractivity contribution < 1.29 is 9.13 Å². The SMILES string of the molecule is COc1cccc(-c2cnc(-c3ccc(F)cc3)nc2C2CCN(CC(C)(C)C#N)CC2)c1. The van der Waals surface area contributed by atoms with Crippen LogP contribution in [0.25, 0.3) is 22.5 Å². The lowest BCUT2D eigenvalue weighted by molar-refractivity contribution is 0.169. The monoisotopic (exact) mass is 444 g/mol. The lowest BCUT2D eigenvalue weighted by Crippen LogP contribution is -2.39. The molecule has 0 aliphatic carbocycles. The van der Waals surface area contributed by atoms with Crippen molar-refractivity contribution >= 4 is 0 Å². The predicted octanol–water partition coefficient (Wildman–Crippen LogP) is 5.69. The van der Waals surface area contributed by atoms with Crippen molar-refractivity contribution in [2.75, 3.05) is 26.7 Å². The first-order chi connectivity index (χ1) is 15.9. The van der Waals surface area contributed by atoms with Crippen LogP contribution in [-0.2, 0) is 0 Å². The molecule has 5 nitrogen and oxygen atoms in total. The molecule has 0 bridgehead atoms. The van der Waals surface area contributed by atoms with Crippen LogP contribution in [-0.4, -0.2) is 41.6 Å². The van der Waals surface area contributed by atoms with Crippen molar-refractivity contribution in [2.24, 2.45) is 5.41 Å². The maximum absolute atomic E-state index is 13.4. The number of ether oxygens (including phenoxy) is 1. The number of likely N-dealkylation sites (tertiary alicyclic amines) is 1. The quantitative estimate of drug-likeness (QED) is 0.489. The van der Waals surface area contributed by atoms with Crippen molar-refractivity contribution in [1.29, 1.82) is 5.26 Å². The minimum absolute atomic E-state index is 0.273. The highest BCUT2D eigenvalue weighted by Crippen LogP contribution is 2.36. The van der Waals surface area contributed by atoms with Gasteiger partial charge in [0.05, 0.1) is 24.3 Å². The highest BCUT2D eigenvalue weighted by atomic mass is 19.1. The van der Waals surface area contributed by atoms with Crippen molar-refractivity contribution in [3.05, 3.63) is 66.2 Å². The third-order valence-electron chi connectivity index (χ3n) is 6.20. The number of nitriles is 1. The Bertz CT molecular complexity index is 1150. The van der Waals surface area contributed by atoms with Gasteiger partial charge in [-0.2, -0.15) is 5.26 Å². The van der Waals surface area contributed by atoms with Crippen molar-refractivity contribution in [2.45, 2.75) is 32.6 Å². The number of benzene rings is 2. The number of aromatic nitrogens is 2. The van der Waals surface area contributed by atoms with Crippen molar-refractivity contribution in [3.63, 3.8) is 0 Å². The standard InChI is InChI=1S/C27H29FN4O/c1-27(2,17-29)18-32-13-11-19(12-14-32)25-24(21-5-4-6-23(15-21)33-3)16-30-26(31-25)20-7-9-22(28)10-8-20/h4-10,15-16,19H,11-14,18H2,1-3H3. The molecule has 1 fully saturated rings. The number of nitrogens with zero attached hydrogens (tertiary/aromatic N) is 4. The van der Waals surface area contributed by atoms with Gasteiger partial charge >= 0.3 is 0 Å². The van der Waals surface area contributed by atoms with Gasteiger partial charge in [0, 0.05) is 29.8 Å². The van der Waals surface area contributed by atoms with E-state index >= 15 is 0 Å². The van der Waals surface area contributed by atoms with Crippen LogP contribution in [0.15, 0.2) is 54.7 Å². The summed E-state index contributed by atoms with van der Waals surface area (Å²) in [5.41, 5.74) is 3.46. The number of rotatable bonds is 6. The first kappa shape index (κ1) is 22.9. The molecule has 0 unspecified atom stereocenters. The maximum Gasteiger partial charge on any atom is 0.159 e. The van der Waals surface area contributed by atoms with Gasteiger partial charge in [-0.15, -0.1) is 0 Å². The third-order valence-corrected chi connectivity index (χ3v) is 6.20. The van der Waals surface area contributed by atoms with Crippen LogP contribution < -0.4 is 4.74 Å². The number of hydrogen-bond acceptors (Lipinski definition) is 5. The van der Waals surface area contributed by atoms with E-state index in [0.29, 0.717) is 5.82 Å². The zero-order valence-corrected chi connectivity index (χ0v) is 19.4. The molecule has 1 aliphatic heterocycles. The summed E-state index contributed by atoms with van der Waals surface area (Å²) in [4.78, 5) is 12.0. The molecule has 0 spiro atoms. The summed E-state index contributed by atoms with van der Waals surface area (Å²) in [6.07, 6.45) is 3.79. The topological polar surface area (TPSA) is 62.0 Å². The summed E-state index contributed by atoms with van der Waals surface area (Å²) in [7, 11) is 1.66. The van der Waals surface area contributed by atoms with Gasteiger partial charge in [-0.25, -0.2) is 14.4 Å². The molecule has 1 aromatic heterocycles. The van der Waals surface area contributed by atoms with Crippen LogP contribution in [0.3, 0.4) is 0 Å². The molecule has 0 N–H and O–H groups in total. The Morgan fingerprint density at radius 1 is 1.12 bits per heavy atom. The Hall–Kier alpha value is -3.30. The molecule has 170 valence electrons. The second-order valence-electron chi connectivity index (χ2n) is 9.28. The van der Waals surface area contributed by atoms with Crippen molar-refractivity contribution in [1.82, 2.24) is 14.9 Å². The Morgan fingerprint density at radius 2 is 1.85 bits per heavy atom. The molecule has 0 atom stereocenters. The first-order valence-electron chi connectivity index (χ1n) is 11.3. The molecule has 6 heteroatoms. The van der Waals surface area contributed by atoms with Gasteiger partial charge in [-0.3, -0.25) is 0 Å². The van der Waals surface area contributed by atoms with Gasteiger partial charge in [0.2, 0.25) is 0 Å². The van der Waals surface area contributed by atoms with Gasteiger partial charge in [0.1, 0.15) is 11.6 Å². The average Bonchev–Trinajstić information content (AvgIpc) is 2.84. The van der Waals surface area contributed by atoms with Gasteiger partial charge in [0.15, 0.2) is 5.82 Å². The Labute approximate surface area is 194 Å². The molecule has 2 aromatic carbocycles. The van der Waals surface area contributed by atoms with E-state index in [1.807, 2.05) is 44.3 Å². The van der Waals surface area contributed by atoms with E-state index in [1.54, 1.807) is 19.2 Å². The second-order valence-corrected chi connectivity index (χ2v) is 9.28. The molecular weight excluding hydrogens is 415 g/mol. The van der Waals surface area contributed by atoms with Gasteiger partial charge < -0.3 is 9.64 Å².